The summed E-state index contributed by atoms with van der Waals surface area (Å²) in [5, 5.41) is 0.726. The van der Waals surface area contributed by atoms with E-state index in [2.05, 4.69) is 0 Å². The molecule has 0 radical (unpaired) electrons. The molecule has 4 heteroatoms. The maximum absolute atomic E-state index is 12.9. The van der Waals surface area contributed by atoms with E-state index in [9.17, 15) is 9.18 Å². The van der Waals surface area contributed by atoms with Crippen LogP contribution in [0.25, 0.3) is 0 Å². The van der Waals surface area contributed by atoms with Gasteiger partial charge in [-0.25, -0.2) is 4.39 Å². The van der Waals surface area contributed by atoms with E-state index in [1.54, 1.807) is 24.1 Å². The van der Waals surface area contributed by atoms with Gasteiger partial charge in [-0.05, 0) is 41.7 Å². The molecule has 1 saturated carbocycles. The molecule has 2 aromatic rings. The van der Waals surface area contributed by atoms with E-state index in [0.717, 1.165) is 22.6 Å². The maximum atomic E-state index is 12.9. The standard InChI is InChI=1S/C18H17ClFNO/c1-21(11-12-6-8-13(20)9-7-12)18(22)16-10-15(16)14-4-2-3-5-17(14)19/h2-9,15-16H,10-11H2,1H3. The summed E-state index contributed by atoms with van der Waals surface area (Å²) in [7, 11) is 1.79. The minimum Gasteiger partial charge on any atom is -0.341 e. The fourth-order valence-electron chi connectivity index (χ4n) is 2.81. The molecular formula is C18H17ClFNO. The van der Waals surface area contributed by atoms with E-state index >= 15 is 0 Å². The predicted molar refractivity (Wildman–Crippen MR) is 85.2 cm³/mol. The Balaban J connectivity index is 1.63. The van der Waals surface area contributed by atoms with Gasteiger partial charge in [-0.15, -0.1) is 0 Å². The van der Waals surface area contributed by atoms with Crippen molar-refractivity contribution >= 4 is 17.5 Å². The van der Waals surface area contributed by atoms with E-state index in [1.165, 1.54) is 12.1 Å². The molecule has 0 heterocycles. The third-order valence-electron chi connectivity index (χ3n) is 4.12. The summed E-state index contributed by atoms with van der Waals surface area (Å²) in [5.41, 5.74) is 1.98. The molecule has 3 rings (SSSR count). The van der Waals surface area contributed by atoms with Gasteiger partial charge in [-0.2, -0.15) is 0 Å². The lowest BCUT2D eigenvalue weighted by Gasteiger charge is -2.17. The lowest BCUT2D eigenvalue weighted by atomic mass is 10.1. The van der Waals surface area contributed by atoms with Crippen LogP contribution < -0.4 is 0 Å². The van der Waals surface area contributed by atoms with Gasteiger partial charge in [-0.1, -0.05) is 41.9 Å². The van der Waals surface area contributed by atoms with Gasteiger partial charge < -0.3 is 4.90 Å². The molecule has 1 aliphatic carbocycles. The number of rotatable bonds is 4. The predicted octanol–water partition coefficient (Wildman–Crippen LogP) is 4.24. The van der Waals surface area contributed by atoms with Gasteiger partial charge in [0.1, 0.15) is 5.82 Å². The summed E-state index contributed by atoms with van der Waals surface area (Å²) in [6.07, 6.45) is 0.844. The zero-order valence-electron chi connectivity index (χ0n) is 12.3. The topological polar surface area (TPSA) is 20.3 Å². The Bertz CT molecular complexity index is 686. The monoisotopic (exact) mass is 317 g/mol. The minimum absolute atomic E-state index is 0.00495. The number of benzene rings is 2. The zero-order valence-corrected chi connectivity index (χ0v) is 13.1. The van der Waals surface area contributed by atoms with Crippen molar-refractivity contribution < 1.29 is 9.18 Å². The summed E-state index contributed by atoms with van der Waals surface area (Å²) in [6.45, 7) is 0.491. The zero-order chi connectivity index (χ0) is 15.7. The average molecular weight is 318 g/mol. The highest BCUT2D eigenvalue weighted by Crippen LogP contribution is 2.50. The Labute approximate surface area is 134 Å². The van der Waals surface area contributed by atoms with Crippen LogP contribution >= 0.6 is 11.6 Å². The van der Waals surface area contributed by atoms with Gasteiger partial charge in [0.05, 0.1) is 0 Å². The van der Waals surface area contributed by atoms with Gasteiger partial charge in [0.15, 0.2) is 0 Å². The number of halogens is 2. The summed E-state index contributed by atoms with van der Waals surface area (Å²) >= 11 is 6.19. The molecule has 1 amide bonds. The van der Waals surface area contributed by atoms with Gasteiger partial charge in [0.2, 0.25) is 5.91 Å². The van der Waals surface area contributed by atoms with Crippen LogP contribution in [0.2, 0.25) is 5.02 Å². The second-order valence-corrected chi connectivity index (χ2v) is 6.20. The van der Waals surface area contributed by atoms with E-state index in [1.807, 2.05) is 24.3 Å². The van der Waals surface area contributed by atoms with E-state index < -0.39 is 0 Å². The van der Waals surface area contributed by atoms with Gasteiger partial charge in [0, 0.05) is 24.5 Å². The molecule has 2 atom stereocenters. The molecule has 22 heavy (non-hydrogen) atoms. The SMILES string of the molecule is CN(Cc1ccc(F)cc1)C(=O)C1CC1c1ccccc1Cl. The second-order valence-electron chi connectivity index (χ2n) is 5.79. The molecule has 0 aromatic heterocycles. The van der Waals surface area contributed by atoms with Crippen LogP contribution in [0.3, 0.4) is 0 Å². The smallest absolute Gasteiger partial charge is 0.226 e. The summed E-state index contributed by atoms with van der Waals surface area (Å²) < 4.78 is 12.9. The first kappa shape index (κ1) is 15.0. The third kappa shape index (κ3) is 3.14. The highest BCUT2D eigenvalue weighted by Gasteiger charge is 2.45. The second kappa shape index (κ2) is 6.09. The van der Waals surface area contributed by atoms with Crippen LogP contribution in [0, 0.1) is 11.7 Å². The fourth-order valence-corrected chi connectivity index (χ4v) is 3.09. The number of hydrogen-bond acceptors (Lipinski definition) is 1. The molecule has 2 aromatic carbocycles. The third-order valence-corrected chi connectivity index (χ3v) is 4.47. The van der Waals surface area contributed by atoms with Crippen molar-refractivity contribution in [2.75, 3.05) is 7.05 Å². The van der Waals surface area contributed by atoms with Crippen LogP contribution in [-0.4, -0.2) is 17.9 Å². The van der Waals surface area contributed by atoms with Crippen molar-refractivity contribution in [3.05, 3.63) is 70.5 Å². The first-order valence-electron chi connectivity index (χ1n) is 7.30. The van der Waals surface area contributed by atoms with Gasteiger partial charge in [-0.3, -0.25) is 4.79 Å². The van der Waals surface area contributed by atoms with Crippen molar-refractivity contribution in [1.29, 1.82) is 0 Å². The summed E-state index contributed by atoms with van der Waals surface area (Å²) in [4.78, 5) is 14.2. The number of carbonyl (C=O) groups is 1. The number of amides is 1. The van der Waals surface area contributed by atoms with Crippen LogP contribution in [0.4, 0.5) is 4.39 Å². The van der Waals surface area contributed by atoms with Crippen LogP contribution in [-0.2, 0) is 11.3 Å². The fraction of sp³-hybridized carbons (Fsp3) is 0.278. The Kier molecular flexibility index (Phi) is 4.16. The van der Waals surface area contributed by atoms with Crippen molar-refractivity contribution in [3.63, 3.8) is 0 Å². The molecular weight excluding hydrogens is 301 g/mol. The highest BCUT2D eigenvalue weighted by atomic mass is 35.5. The number of hydrogen-bond donors (Lipinski definition) is 0. The van der Waals surface area contributed by atoms with Crippen molar-refractivity contribution in [1.82, 2.24) is 4.90 Å². The van der Waals surface area contributed by atoms with Gasteiger partial charge >= 0.3 is 0 Å². The number of nitrogens with zero attached hydrogens (tertiary/aromatic N) is 1. The quantitative estimate of drug-likeness (QED) is 0.826. The molecule has 0 aliphatic heterocycles. The van der Waals surface area contributed by atoms with E-state index in [4.69, 9.17) is 11.6 Å². The minimum atomic E-state index is -0.265. The first-order chi connectivity index (χ1) is 10.6. The molecule has 114 valence electrons. The Morgan fingerprint density at radius 3 is 2.59 bits per heavy atom. The normalized spacial score (nSPS) is 19.8. The molecule has 0 saturated heterocycles. The number of carbonyl (C=O) groups excluding carboxylic acids is 1. The maximum Gasteiger partial charge on any atom is 0.226 e. The molecule has 0 N–H and O–H groups in total. The Morgan fingerprint density at radius 1 is 1.23 bits per heavy atom. The van der Waals surface area contributed by atoms with Crippen molar-refractivity contribution in [3.8, 4) is 0 Å². The lowest BCUT2D eigenvalue weighted by Crippen LogP contribution is -2.28. The Morgan fingerprint density at radius 2 is 1.91 bits per heavy atom. The summed E-state index contributed by atoms with van der Waals surface area (Å²) in [5.74, 6) is 0.0789. The molecule has 1 fully saturated rings. The van der Waals surface area contributed by atoms with Crippen LogP contribution in [0.1, 0.15) is 23.5 Å². The molecule has 1 aliphatic rings. The van der Waals surface area contributed by atoms with E-state index in [0.29, 0.717) is 6.54 Å². The molecule has 0 bridgehead atoms. The Hall–Kier alpha value is -1.87. The van der Waals surface area contributed by atoms with E-state index in [-0.39, 0.29) is 23.6 Å². The lowest BCUT2D eigenvalue weighted by molar-refractivity contribution is -0.131. The van der Waals surface area contributed by atoms with Crippen molar-refractivity contribution in [2.45, 2.75) is 18.9 Å². The van der Waals surface area contributed by atoms with Gasteiger partial charge in [0.25, 0.3) is 0 Å². The van der Waals surface area contributed by atoms with Crippen molar-refractivity contribution in [2.24, 2.45) is 5.92 Å². The van der Waals surface area contributed by atoms with Crippen LogP contribution in [0.15, 0.2) is 48.5 Å². The molecule has 2 nitrogen and oxygen atoms in total. The first-order valence-corrected chi connectivity index (χ1v) is 7.68. The highest BCUT2D eigenvalue weighted by molar-refractivity contribution is 6.31. The molecule has 0 spiro atoms. The molecule has 2 unspecified atom stereocenters. The average Bonchev–Trinajstić information content (AvgIpc) is 3.29. The summed E-state index contributed by atoms with van der Waals surface area (Å²) in [6, 6.07) is 13.9. The van der Waals surface area contributed by atoms with Crippen LogP contribution in [0.5, 0.6) is 0 Å². The largest absolute Gasteiger partial charge is 0.341 e.